The van der Waals surface area contributed by atoms with Crippen molar-refractivity contribution in [3.05, 3.63) is 24.0 Å². The highest BCUT2D eigenvalue weighted by Gasteiger charge is 2.32. The van der Waals surface area contributed by atoms with Crippen molar-refractivity contribution < 1.29 is 23.8 Å². The molecule has 0 aromatic heterocycles. The summed E-state index contributed by atoms with van der Waals surface area (Å²) in [5.41, 5.74) is 0.00875. The minimum absolute atomic E-state index is 0.00875. The smallest absolute Gasteiger partial charge is 0.321 e. The summed E-state index contributed by atoms with van der Waals surface area (Å²) in [7, 11) is 1.34. The number of likely N-dealkylation sites (tertiary alicyclic amines) is 1. The highest BCUT2D eigenvalue weighted by molar-refractivity contribution is 5.90. The zero-order chi connectivity index (χ0) is 16.3. The van der Waals surface area contributed by atoms with E-state index in [9.17, 15) is 14.0 Å². The number of carboxylic acids is 1. The second-order valence-corrected chi connectivity index (χ2v) is 5.53. The van der Waals surface area contributed by atoms with Crippen LogP contribution in [-0.4, -0.2) is 42.2 Å². The number of benzene rings is 1. The number of nitrogens with zero attached hydrogens (tertiary/aromatic N) is 1. The number of carbonyl (C=O) groups excluding carboxylic acids is 1. The van der Waals surface area contributed by atoms with Crippen LogP contribution < -0.4 is 10.1 Å². The van der Waals surface area contributed by atoms with E-state index in [1.165, 1.54) is 24.1 Å². The molecule has 1 aliphatic heterocycles. The van der Waals surface area contributed by atoms with Gasteiger partial charge < -0.3 is 20.1 Å². The number of rotatable bonds is 3. The summed E-state index contributed by atoms with van der Waals surface area (Å²) in [5.74, 6) is -2.05. The number of carbonyl (C=O) groups is 2. The Morgan fingerprint density at radius 3 is 2.77 bits per heavy atom. The summed E-state index contributed by atoms with van der Waals surface area (Å²) in [6.45, 7) is 2.46. The Morgan fingerprint density at radius 1 is 1.41 bits per heavy atom. The molecule has 22 heavy (non-hydrogen) atoms. The number of ether oxygens (including phenoxy) is 1. The molecule has 6 nitrogen and oxygen atoms in total. The first kappa shape index (κ1) is 16.1. The van der Waals surface area contributed by atoms with Crippen LogP contribution in [0.4, 0.5) is 14.9 Å². The summed E-state index contributed by atoms with van der Waals surface area (Å²) >= 11 is 0. The molecule has 1 aromatic rings. The number of aliphatic carboxylic acids is 1. The molecule has 2 amide bonds. The molecule has 7 heteroatoms. The number of hydrogen-bond acceptors (Lipinski definition) is 3. The van der Waals surface area contributed by atoms with Crippen LogP contribution in [0.5, 0.6) is 5.75 Å². The SMILES string of the molecule is COc1cccc(NC(=O)N2CC(C)CC(C(=O)O)C2)c1F. The van der Waals surface area contributed by atoms with E-state index >= 15 is 0 Å². The van der Waals surface area contributed by atoms with Gasteiger partial charge in [-0.05, 0) is 24.5 Å². The Labute approximate surface area is 127 Å². The van der Waals surface area contributed by atoms with Crippen molar-refractivity contribution in [2.45, 2.75) is 13.3 Å². The molecule has 1 fully saturated rings. The lowest BCUT2D eigenvalue weighted by Crippen LogP contribution is -2.47. The molecule has 1 saturated heterocycles. The minimum atomic E-state index is -0.920. The van der Waals surface area contributed by atoms with E-state index in [2.05, 4.69) is 5.32 Å². The summed E-state index contributed by atoms with van der Waals surface area (Å²) in [4.78, 5) is 24.8. The lowest BCUT2D eigenvalue weighted by Gasteiger charge is -2.34. The van der Waals surface area contributed by atoms with Crippen molar-refractivity contribution in [2.75, 3.05) is 25.5 Å². The number of hydrogen-bond donors (Lipinski definition) is 2. The molecule has 0 bridgehead atoms. The van der Waals surface area contributed by atoms with E-state index in [1.807, 2.05) is 6.92 Å². The Balaban J connectivity index is 2.10. The number of piperidine rings is 1. The van der Waals surface area contributed by atoms with Crippen LogP contribution in [-0.2, 0) is 4.79 Å². The van der Waals surface area contributed by atoms with Gasteiger partial charge in [0, 0.05) is 13.1 Å². The second kappa shape index (κ2) is 6.64. The quantitative estimate of drug-likeness (QED) is 0.898. The van der Waals surface area contributed by atoms with Crippen molar-refractivity contribution in [3.8, 4) is 5.75 Å². The van der Waals surface area contributed by atoms with E-state index in [0.717, 1.165) is 0 Å². The molecular weight excluding hydrogens is 291 g/mol. The Kier molecular flexibility index (Phi) is 4.85. The highest BCUT2D eigenvalue weighted by Crippen LogP contribution is 2.26. The van der Waals surface area contributed by atoms with E-state index in [4.69, 9.17) is 9.84 Å². The molecule has 0 spiro atoms. The monoisotopic (exact) mass is 310 g/mol. The molecular formula is C15H19FN2O4. The molecule has 0 saturated carbocycles. The zero-order valence-corrected chi connectivity index (χ0v) is 12.5. The molecule has 1 aliphatic rings. The first-order valence-corrected chi connectivity index (χ1v) is 7.03. The Morgan fingerprint density at radius 2 is 2.14 bits per heavy atom. The minimum Gasteiger partial charge on any atom is -0.494 e. The van der Waals surface area contributed by atoms with E-state index < -0.39 is 23.7 Å². The fraction of sp³-hybridized carbons (Fsp3) is 0.467. The highest BCUT2D eigenvalue weighted by atomic mass is 19.1. The van der Waals surface area contributed by atoms with Crippen LogP contribution in [0.1, 0.15) is 13.3 Å². The van der Waals surface area contributed by atoms with E-state index in [1.54, 1.807) is 6.07 Å². The molecule has 0 aliphatic carbocycles. The first-order valence-electron chi connectivity index (χ1n) is 7.03. The maximum Gasteiger partial charge on any atom is 0.321 e. The van der Waals surface area contributed by atoms with Crippen LogP contribution in [0.3, 0.4) is 0 Å². The average molecular weight is 310 g/mol. The average Bonchev–Trinajstić information content (AvgIpc) is 2.48. The van der Waals surface area contributed by atoms with Crippen molar-refractivity contribution in [3.63, 3.8) is 0 Å². The number of methoxy groups -OCH3 is 1. The second-order valence-electron chi connectivity index (χ2n) is 5.53. The van der Waals surface area contributed by atoms with Crippen LogP contribution in [0, 0.1) is 17.7 Å². The van der Waals surface area contributed by atoms with Crippen molar-refractivity contribution in [1.29, 1.82) is 0 Å². The van der Waals surface area contributed by atoms with Gasteiger partial charge in [-0.2, -0.15) is 0 Å². The van der Waals surface area contributed by atoms with Crippen LogP contribution in [0.2, 0.25) is 0 Å². The lowest BCUT2D eigenvalue weighted by atomic mass is 9.91. The van der Waals surface area contributed by atoms with Gasteiger partial charge in [0.05, 0.1) is 18.7 Å². The van der Waals surface area contributed by atoms with Gasteiger partial charge in [-0.15, -0.1) is 0 Å². The van der Waals surface area contributed by atoms with Gasteiger partial charge in [0.2, 0.25) is 0 Å². The molecule has 2 unspecified atom stereocenters. The van der Waals surface area contributed by atoms with Crippen molar-refractivity contribution >= 4 is 17.7 Å². The third kappa shape index (κ3) is 3.47. The van der Waals surface area contributed by atoms with Crippen molar-refractivity contribution in [2.24, 2.45) is 11.8 Å². The molecule has 2 rings (SSSR count). The molecule has 2 atom stereocenters. The number of amides is 2. The topological polar surface area (TPSA) is 78.9 Å². The lowest BCUT2D eigenvalue weighted by molar-refractivity contribution is -0.143. The van der Waals surface area contributed by atoms with Gasteiger partial charge in [-0.3, -0.25) is 4.79 Å². The van der Waals surface area contributed by atoms with Gasteiger partial charge in [0.15, 0.2) is 11.6 Å². The van der Waals surface area contributed by atoms with Crippen LogP contribution in [0.15, 0.2) is 18.2 Å². The standard InChI is InChI=1S/C15H19FN2O4/c1-9-6-10(14(19)20)8-18(7-9)15(21)17-11-4-3-5-12(22-2)13(11)16/h3-5,9-10H,6-8H2,1-2H3,(H,17,21)(H,19,20). The van der Waals surface area contributed by atoms with E-state index in [-0.39, 0.29) is 23.9 Å². The number of anilines is 1. The third-order valence-corrected chi connectivity index (χ3v) is 3.72. The zero-order valence-electron chi connectivity index (χ0n) is 12.5. The van der Waals surface area contributed by atoms with Crippen molar-refractivity contribution in [1.82, 2.24) is 4.90 Å². The fourth-order valence-corrected chi connectivity index (χ4v) is 2.66. The maximum atomic E-state index is 14.0. The maximum absolute atomic E-state index is 14.0. The van der Waals surface area contributed by atoms with Gasteiger partial charge >= 0.3 is 12.0 Å². The first-order chi connectivity index (χ1) is 10.4. The van der Waals surface area contributed by atoms with Crippen LogP contribution in [0.25, 0.3) is 0 Å². The summed E-state index contributed by atoms with van der Waals surface area (Å²) in [6.07, 6.45) is 0.534. The predicted molar refractivity (Wildman–Crippen MR) is 78.5 cm³/mol. The number of halogens is 1. The summed E-state index contributed by atoms with van der Waals surface area (Å²) in [6, 6.07) is 3.94. The normalized spacial score (nSPS) is 21.3. The molecule has 2 N–H and O–H groups in total. The molecule has 0 radical (unpaired) electrons. The number of nitrogens with one attached hydrogen (secondary N) is 1. The Hall–Kier alpha value is -2.31. The summed E-state index contributed by atoms with van der Waals surface area (Å²) in [5, 5.41) is 11.6. The van der Waals surface area contributed by atoms with E-state index in [0.29, 0.717) is 13.0 Å². The van der Waals surface area contributed by atoms with Gasteiger partial charge in [-0.25, -0.2) is 9.18 Å². The number of carboxylic acid groups (broad SMARTS) is 1. The van der Waals surface area contributed by atoms with Gasteiger partial charge in [0.25, 0.3) is 0 Å². The third-order valence-electron chi connectivity index (χ3n) is 3.72. The predicted octanol–water partition coefficient (Wildman–Crippen LogP) is 2.41. The van der Waals surface area contributed by atoms with Gasteiger partial charge in [-0.1, -0.05) is 13.0 Å². The van der Waals surface area contributed by atoms with Crippen LogP contribution >= 0.6 is 0 Å². The molecule has 120 valence electrons. The number of urea groups is 1. The molecule has 1 aromatic carbocycles. The molecule has 1 heterocycles. The Bertz CT molecular complexity index is 579. The largest absolute Gasteiger partial charge is 0.494 e. The van der Waals surface area contributed by atoms with Gasteiger partial charge in [0.1, 0.15) is 0 Å². The summed E-state index contributed by atoms with van der Waals surface area (Å²) < 4.78 is 18.9. The fourth-order valence-electron chi connectivity index (χ4n) is 2.66.